The molecule has 2 atom stereocenters. The Bertz CT molecular complexity index is 461. The first kappa shape index (κ1) is 14.4. The van der Waals surface area contributed by atoms with Crippen LogP contribution in [0.15, 0.2) is 18.2 Å². The van der Waals surface area contributed by atoms with Crippen molar-refractivity contribution < 1.29 is 4.79 Å². The minimum absolute atomic E-state index is 0.0135. The summed E-state index contributed by atoms with van der Waals surface area (Å²) in [6.45, 7) is 4.33. The van der Waals surface area contributed by atoms with Gasteiger partial charge in [-0.15, -0.1) is 0 Å². The third-order valence-corrected chi connectivity index (χ3v) is 3.77. The number of nitrogens with one attached hydrogen (secondary N) is 2. The fourth-order valence-electron chi connectivity index (χ4n) is 2.47. The number of halogens is 1. The number of hydrogen-bond acceptors (Lipinski definition) is 2. The Morgan fingerprint density at radius 1 is 1.42 bits per heavy atom. The van der Waals surface area contributed by atoms with Crippen molar-refractivity contribution in [3.05, 3.63) is 28.8 Å². The van der Waals surface area contributed by atoms with Gasteiger partial charge in [-0.2, -0.15) is 0 Å². The summed E-state index contributed by atoms with van der Waals surface area (Å²) in [5.74, 6) is 0.0135. The van der Waals surface area contributed by atoms with E-state index in [2.05, 4.69) is 24.5 Å². The molecule has 0 aliphatic carbocycles. The van der Waals surface area contributed by atoms with Crippen LogP contribution in [0.4, 0.5) is 5.69 Å². The largest absolute Gasteiger partial charge is 0.324 e. The molecule has 0 bridgehead atoms. The van der Waals surface area contributed by atoms with Crippen molar-refractivity contribution in [3.63, 3.8) is 0 Å². The van der Waals surface area contributed by atoms with Crippen LogP contribution in [-0.2, 0) is 4.79 Å². The van der Waals surface area contributed by atoms with Gasteiger partial charge in [-0.3, -0.25) is 10.1 Å². The normalized spacial score (nSPS) is 19.1. The van der Waals surface area contributed by atoms with Gasteiger partial charge < -0.3 is 5.32 Å². The average molecular weight is 281 g/mol. The predicted molar refractivity (Wildman–Crippen MR) is 79.6 cm³/mol. The summed E-state index contributed by atoms with van der Waals surface area (Å²) in [7, 11) is 0. The zero-order valence-electron chi connectivity index (χ0n) is 11.5. The molecule has 1 amide bonds. The van der Waals surface area contributed by atoms with Gasteiger partial charge >= 0.3 is 0 Å². The lowest BCUT2D eigenvalue weighted by Crippen LogP contribution is -2.34. The van der Waals surface area contributed by atoms with E-state index >= 15 is 0 Å². The maximum Gasteiger partial charge on any atom is 0.246 e. The highest BCUT2D eigenvalue weighted by Crippen LogP contribution is 2.33. The van der Waals surface area contributed by atoms with Crippen molar-refractivity contribution >= 4 is 23.2 Å². The third kappa shape index (κ3) is 3.48. The summed E-state index contributed by atoms with van der Waals surface area (Å²) in [6, 6.07) is 5.58. The van der Waals surface area contributed by atoms with Crippen LogP contribution in [0.2, 0.25) is 5.02 Å². The standard InChI is InChI=1S/C15H21ClN2O/c1-3-4-5-6-10(2)17-14-12-9-11(16)7-8-13(12)18-15(14)19/h7-10,14,17H,3-6H2,1-2H3,(H,18,19). The molecule has 2 N–H and O–H groups in total. The van der Waals surface area contributed by atoms with Gasteiger partial charge in [0.25, 0.3) is 0 Å². The molecule has 1 aromatic rings. The minimum Gasteiger partial charge on any atom is -0.324 e. The van der Waals surface area contributed by atoms with E-state index in [0.717, 1.165) is 17.7 Å². The number of carbonyl (C=O) groups excluding carboxylic acids is 1. The minimum atomic E-state index is -0.273. The molecule has 0 radical (unpaired) electrons. The monoisotopic (exact) mass is 280 g/mol. The van der Waals surface area contributed by atoms with Gasteiger partial charge in [-0.1, -0.05) is 37.8 Å². The number of rotatable bonds is 6. The SMILES string of the molecule is CCCCCC(C)NC1C(=O)Nc2ccc(Cl)cc21. The molecule has 3 nitrogen and oxygen atoms in total. The lowest BCUT2D eigenvalue weighted by Gasteiger charge is -2.18. The molecule has 19 heavy (non-hydrogen) atoms. The van der Waals surface area contributed by atoms with Crippen LogP contribution < -0.4 is 10.6 Å². The number of hydrogen-bond donors (Lipinski definition) is 2. The quantitative estimate of drug-likeness (QED) is 0.776. The second-order valence-corrected chi connectivity index (χ2v) is 5.65. The molecule has 1 aliphatic rings. The maximum absolute atomic E-state index is 12.0. The van der Waals surface area contributed by atoms with E-state index in [1.807, 2.05) is 12.1 Å². The van der Waals surface area contributed by atoms with Gasteiger partial charge in [0.05, 0.1) is 0 Å². The van der Waals surface area contributed by atoms with Crippen LogP contribution in [0.5, 0.6) is 0 Å². The zero-order chi connectivity index (χ0) is 13.8. The summed E-state index contributed by atoms with van der Waals surface area (Å²) in [5.41, 5.74) is 1.83. The number of benzene rings is 1. The van der Waals surface area contributed by atoms with Gasteiger partial charge in [0.15, 0.2) is 0 Å². The third-order valence-electron chi connectivity index (χ3n) is 3.54. The van der Waals surface area contributed by atoms with Crippen LogP contribution in [0, 0.1) is 0 Å². The Hall–Kier alpha value is -1.06. The zero-order valence-corrected chi connectivity index (χ0v) is 12.3. The molecule has 0 saturated carbocycles. The van der Waals surface area contributed by atoms with Crippen molar-refractivity contribution in [2.45, 2.75) is 51.6 Å². The molecule has 0 aromatic heterocycles. The number of fused-ring (bicyclic) bond motifs is 1. The Morgan fingerprint density at radius 3 is 2.95 bits per heavy atom. The van der Waals surface area contributed by atoms with Crippen LogP contribution >= 0.6 is 11.6 Å². The van der Waals surface area contributed by atoms with Crippen molar-refractivity contribution in [2.24, 2.45) is 0 Å². The van der Waals surface area contributed by atoms with Crippen molar-refractivity contribution in [3.8, 4) is 0 Å². The first-order valence-corrected chi connectivity index (χ1v) is 7.36. The topological polar surface area (TPSA) is 41.1 Å². The number of anilines is 1. The molecule has 0 saturated heterocycles. The Labute approximate surface area is 119 Å². The van der Waals surface area contributed by atoms with Crippen molar-refractivity contribution in [1.82, 2.24) is 5.32 Å². The van der Waals surface area contributed by atoms with E-state index in [-0.39, 0.29) is 11.9 Å². The fraction of sp³-hybridized carbons (Fsp3) is 0.533. The van der Waals surface area contributed by atoms with Crippen LogP contribution in [0.1, 0.15) is 51.1 Å². The molecule has 1 aromatic carbocycles. The van der Waals surface area contributed by atoms with Crippen molar-refractivity contribution in [1.29, 1.82) is 0 Å². The highest BCUT2D eigenvalue weighted by molar-refractivity contribution is 6.31. The lowest BCUT2D eigenvalue weighted by molar-refractivity contribution is -0.117. The fourth-order valence-corrected chi connectivity index (χ4v) is 2.65. The van der Waals surface area contributed by atoms with E-state index in [0.29, 0.717) is 11.1 Å². The Kier molecular flexibility index (Phi) is 4.83. The summed E-state index contributed by atoms with van der Waals surface area (Å²) in [4.78, 5) is 12.0. The summed E-state index contributed by atoms with van der Waals surface area (Å²) in [6.07, 6.45) is 4.75. The van der Waals surface area contributed by atoms with Crippen LogP contribution in [0.3, 0.4) is 0 Å². The summed E-state index contributed by atoms with van der Waals surface area (Å²) >= 11 is 6.01. The Morgan fingerprint density at radius 2 is 2.21 bits per heavy atom. The molecule has 1 aliphatic heterocycles. The first-order valence-electron chi connectivity index (χ1n) is 6.98. The highest BCUT2D eigenvalue weighted by Gasteiger charge is 2.31. The first-order chi connectivity index (χ1) is 9.11. The van der Waals surface area contributed by atoms with Gasteiger partial charge in [-0.05, 0) is 31.5 Å². The molecule has 2 rings (SSSR count). The van der Waals surface area contributed by atoms with E-state index < -0.39 is 0 Å². The van der Waals surface area contributed by atoms with Crippen LogP contribution in [-0.4, -0.2) is 11.9 Å². The molecular weight excluding hydrogens is 260 g/mol. The second-order valence-electron chi connectivity index (χ2n) is 5.22. The highest BCUT2D eigenvalue weighted by atomic mass is 35.5. The smallest absolute Gasteiger partial charge is 0.246 e. The van der Waals surface area contributed by atoms with Crippen molar-refractivity contribution in [2.75, 3.05) is 5.32 Å². The second kappa shape index (κ2) is 6.40. The van der Waals surface area contributed by atoms with E-state index in [1.54, 1.807) is 6.07 Å². The van der Waals surface area contributed by atoms with Gasteiger partial charge in [-0.25, -0.2) is 0 Å². The molecule has 2 unspecified atom stereocenters. The number of unbranched alkanes of at least 4 members (excludes halogenated alkanes) is 2. The van der Waals surface area contributed by atoms with Gasteiger partial charge in [0, 0.05) is 22.3 Å². The van der Waals surface area contributed by atoms with E-state index in [1.165, 1.54) is 19.3 Å². The molecule has 0 spiro atoms. The molecular formula is C15H21ClN2O. The van der Waals surface area contributed by atoms with E-state index in [4.69, 9.17) is 11.6 Å². The average Bonchev–Trinajstić information content (AvgIpc) is 2.66. The molecule has 0 fully saturated rings. The summed E-state index contributed by atoms with van der Waals surface area (Å²) < 4.78 is 0. The number of carbonyl (C=O) groups is 1. The maximum atomic E-state index is 12.0. The van der Waals surface area contributed by atoms with E-state index in [9.17, 15) is 4.79 Å². The lowest BCUT2D eigenvalue weighted by atomic mass is 10.0. The molecule has 104 valence electrons. The number of amides is 1. The summed E-state index contributed by atoms with van der Waals surface area (Å²) in [5, 5.41) is 6.95. The Balaban J connectivity index is 2.01. The van der Waals surface area contributed by atoms with Gasteiger partial charge in [0.2, 0.25) is 5.91 Å². The molecule has 1 heterocycles. The van der Waals surface area contributed by atoms with Gasteiger partial charge in [0.1, 0.15) is 6.04 Å². The predicted octanol–water partition coefficient (Wildman–Crippen LogP) is 3.89. The van der Waals surface area contributed by atoms with Crippen LogP contribution in [0.25, 0.3) is 0 Å². The molecule has 4 heteroatoms.